The van der Waals surface area contributed by atoms with Crippen molar-refractivity contribution in [1.82, 2.24) is 0 Å². The molecule has 4 heteroatoms. The predicted molar refractivity (Wildman–Crippen MR) is 91.0 cm³/mol. The molecule has 0 radical (unpaired) electrons. The Bertz CT molecular complexity index is 630. The number of carbonyl (C=O) groups is 1. The van der Waals surface area contributed by atoms with Gasteiger partial charge in [-0.25, -0.2) is 0 Å². The lowest BCUT2D eigenvalue weighted by atomic mass is 10.1. The number of hydrogen-bond donors (Lipinski definition) is 1. The summed E-state index contributed by atoms with van der Waals surface area (Å²) in [5.74, 6) is 0.0102. The van der Waals surface area contributed by atoms with E-state index in [2.05, 4.69) is 0 Å². The van der Waals surface area contributed by atoms with Crippen LogP contribution in [-0.4, -0.2) is 24.7 Å². The summed E-state index contributed by atoms with van der Waals surface area (Å²) in [6.45, 7) is 1.00. The van der Waals surface area contributed by atoms with Crippen LogP contribution in [-0.2, 0) is 16.1 Å². The maximum Gasteiger partial charge on any atom is 0.256 e. The van der Waals surface area contributed by atoms with Gasteiger partial charge in [0.15, 0.2) is 0 Å². The second kappa shape index (κ2) is 7.40. The molecule has 0 aliphatic carbocycles. The van der Waals surface area contributed by atoms with E-state index in [1.54, 1.807) is 4.90 Å². The Kier molecular flexibility index (Phi) is 5.05. The standard InChI is InChI=1S/C19H22N2O2/c20-13-17-11-12-18(23-17)19(22)21(16-9-5-2-6-10-16)14-15-7-3-1-4-8-15/h1-10,17-18H,11-14,20H2/t17-,18+/m1/s1. The third-order valence-corrected chi connectivity index (χ3v) is 4.16. The fourth-order valence-electron chi connectivity index (χ4n) is 2.90. The molecule has 0 saturated carbocycles. The Labute approximate surface area is 136 Å². The number of rotatable bonds is 5. The average molecular weight is 310 g/mol. The first kappa shape index (κ1) is 15.7. The summed E-state index contributed by atoms with van der Waals surface area (Å²) >= 11 is 0. The van der Waals surface area contributed by atoms with E-state index in [9.17, 15) is 4.79 Å². The van der Waals surface area contributed by atoms with Crippen LogP contribution in [0, 0.1) is 0 Å². The van der Waals surface area contributed by atoms with Crippen LogP contribution in [0.15, 0.2) is 60.7 Å². The third-order valence-electron chi connectivity index (χ3n) is 4.16. The highest BCUT2D eigenvalue weighted by Gasteiger charge is 2.33. The third kappa shape index (κ3) is 3.78. The van der Waals surface area contributed by atoms with E-state index in [0.29, 0.717) is 13.1 Å². The normalized spacial score (nSPS) is 20.4. The lowest BCUT2D eigenvalue weighted by Crippen LogP contribution is -2.39. The highest BCUT2D eigenvalue weighted by atomic mass is 16.5. The van der Waals surface area contributed by atoms with Gasteiger partial charge in [0.05, 0.1) is 12.6 Å². The predicted octanol–water partition coefficient (Wildman–Crippen LogP) is 2.73. The molecule has 1 amide bonds. The van der Waals surface area contributed by atoms with E-state index >= 15 is 0 Å². The van der Waals surface area contributed by atoms with Gasteiger partial charge in [0.2, 0.25) is 0 Å². The molecule has 2 atom stereocenters. The van der Waals surface area contributed by atoms with Crippen LogP contribution in [0.25, 0.3) is 0 Å². The number of para-hydroxylation sites is 1. The first-order valence-corrected chi connectivity index (χ1v) is 8.04. The minimum Gasteiger partial charge on any atom is -0.364 e. The number of nitrogens with two attached hydrogens (primary N) is 1. The molecular formula is C19H22N2O2. The molecule has 1 aliphatic rings. The van der Waals surface area contributed by atoms with Crippen molar-refractivity contribution in [2.75, 3.05) is 11.4 Å². The van der Waals surface area contributed by atoms with Crippen molar-refractivity contribution in [3.05, 3.63) is 66.2 Å². The van der Waals surface area contributed by atoms with Crippen LogP contribution in [0.2, 0.25) is 0 Å². The van der Waals surface area contributed by atoms with Crippen LogP contribution in [0.1, 0.15) is 18.4 Å². The summed E-state index contributed by atoms with van der Waals surface area (Å²) in [6, 6.07) is 19.8. The van der Waals surface area contributed by atoms with Gasteiger partial charge in [0.25, 0.3) is 5.91 Å². The van der Waals surface area contributed by atoms with Gasteiger partial charge < -0.3 is 15.4 Å². The molecule has 0 spiro atoms. The maximum absolute atomic E-state index is 13.0. The van der Waals surface area contributed by atoms with Crippen LogP contribution in [0.3, 0.4) is 0 Å². The first-order valence-electron chi connectivity index (χ1n) is 8.04. The van der Waals surface area contributed by atoms with Gasteiger partial charge in [0, 0.05) is 12.2 Å². The number of anilines is 1. The Hall–Kier alpha value is -2.17. The zero-order chi connectivity index (χ0) is 16.1. The number of carbonyl (C=O) groups excluding carboxylic acids is 1. The van der Waals surface area contributed by atoms with Crippen molar-refractivity contribution in [1.29, 1.82) is 0 Å². The quantitative estimate of drug-likeness (QED) is 0.924. The highest BCUT2D eigenvalue weighted by Crippen LogP contribution is 2.25. The fourth-order valence-corrected chi connectivity index (χ4v) is 2.90. The smallest absolute Gasteiger partial charge is 0.256 e. The molecule has 1 fully saturated rings. The minimum absolute atomic E-state index is 0.00158. The van der Waals surface area contributed by atoms with Gasteiger partial charge >= 0.3 is 0 Å². The highest BCUT2D eigenvalue weighted by molar-refractivity contribution is 5.96. The van der Waals surface area contributed by atoms with Gasteiger partial charge in [-0.15, -0.1) is 0 Å². The lowest BCUT2D eigenvalue weighted by molar-refractivity contribution is -0.129. The maximum atomic E-state index is 13.0. The second-order valence-electron chi connectivity index (χ2n) is 5.81. The zero-order valence-electron chi connectivity index (χ0n) is 13.1. The van der Waals surface area contributed by atoms with E-state index in [4.69, 9.17) is 10.5 Å². The first-order chi connectivity index (χ1) is 11.3. The van der Waals surface area contributed by atoms with E-state index in [-0.39, 0.29) is 12.0 Å². The zero-order valence-corrected chi connectivity index (χ0v) is 13.1. The Morgan fingerprint density at radius 1 is 1.04 bits per heavy atom. The Balaban J connectivity index is 1.82. The Morgan fingerprint density at radius 2 is 1.70 bits per heavy atom. The number of benzene rings is 2. The molecule has 0 bridgehead atoms. The topological polar surface area (TPSA) is 55.6 Å². The van der Waals surface area contributed by atoms with Gasteiger partial charge in [-0.1, -0.05) is 48.5 Å². The number of nitrogens with zero attached hydrogens (tertiary/aromatic N) is 1. The minimum atomic E-state index is -0.396. The van der Waals surface area contributed by atoms with Gasteiger partial charge in [-0.3, -0.25) is 4.79 Å². The molecule has 4 nitrogen and oxygen atoms in total. The molecular weight excluding hydrogens is 288 g/mol. The summed E-state index contributed by atoms with van der Waals surface area (Å²) < 4.78 is 5.80. The lowest BCUT2D eigenvalue weighted by Gasteiger charge is -2.26. The summed E-state index contributed by atoms with van der Waals surface area (Å²) in [7, 11) is 0. The summed E-state index contributed by atoms with van der Waals surface area (Å²) in [5.41, 5.74) is 7.64. The molecule has 120 valence electrons. The molecule has 2 aromatic carbocycles. The summed E-state index contributed by atoms with van der Waals surface area (Å²) in [6.07, 6.45) is 1.19. The molecule has 1 saturated heterocycles. The van der Waals surface area contributed by atoms with Crippen LogP contribution >= 0.6 is 0 Å². The number of ether oxygens (including phenoxy) is 1. The van der Waals surface area contributed by atoms with Crippen molar-refractivity contribution in [2.24, 2.45) is 5.73 Å². The SMILES string of the molecule is NC[C@H]1CC[C@@H](C(=O)N(Cc2ccccc2)c2ccccc2)O1. The van der Waals surface area contributed by atoms with Crippen LogP contribution in [0.4, 0.5) is 5.69 Å². The molecule has 0 aromatic heterocycles. The van der Waals surface area contributed by atoms with E-state index in [0.717, 1.165) is 24.1 Å². The average Bonchev–Trinajstić information content (AvgIpc) is 3.10. The second-order valence-corrected chi connectivity index (χ2v) is 5.81. The van der Waals surface area contributed by atoms with E-state index < -0.39 is 6.10 Å². The van der Waals surface area contributed by atoms with Crippen molar-refractivity contribution in [3.63, 3.8) is 0 Å². The van der Waals surface area contributed by atoms with E-state index in [1.807, 2.05) is 60.7 Å². The van der Waals surface area contributed by atoms with Crippen molar-refractivity contribution >= 4 is 11.6 Å². The molecule has 2 N–H and O–H groups in total. The molecule has 1 heterocycles. The van der Waals surface area contributed by atoms with Crippen LogP contribution in [0.5, 0.6) is 0 Å². The van der Waals surface area contributed by atoms with Crippen molar-refractivity contribution in [3.8, 4) is 0 Å². The molecule has 2 aromatic rings. The van der Waals surface area contributed by atoms with Gasteiger partial charge in [-0.2, -0.15) is 0 Å². The number of hydrogen-bond acceptors (Lipinski definition) is 3. The number of amides is 1. The molecule has 0 unspecified atom stereocenters. The van der Waals surface area contributed by atoms with E-state index in [1.165, 1.54) is 0 Å². The monoisotopic (exact) mass is 310 g/mol. The molecule has 1 aliphatic heterocycles. The van der Waals surface area contributed by atoms with Gasteiger partial charge in [-0.05, 0) is 30.5 Å². The Morgan fingerprint density at radius 3 is 2.30 bits per heavy atom. The fraction of sp³-hybridized carbons (Fsp3) is 0.316. The molecule has 3 rings (SSSR count). The summed E-state index contributed by atoms with van der Waals surface area (Å²) in [4.78, 5) is 14.8. The van der Waals surface area contributed by atoms with Crippen molar-refractivity contribution in [2.45, 2.75) is 31.6 Å². The van der Waals surface area contributed by atoms with Crippen molar-refractivity contribution < 1.29 is 9.53 Å². The van der Waals surface area contributed by atoms with Gasteiger partial charge in [0.1, 0.15) is 6.10 Å². The summed E-state index contributed by atoms with van der Waals surface area (Å²) in [5, 5.41) is 0. The van der Waals surface area contributed by atoms with Crippen LogP contribution < -0.4 is 10.6 Å². The largest absolute Gasteiger partial charge is 0.364 e. The molecule has 23 heavy (non-hydrogen) atoms.